The number of amides is 1. The molecular weight excluding hydrogens is 400 g/mol. The van der Waals surface area contributed by atoms with Crippen molar-refractivity contribution in [3.05, 3.63) is 102 Å². The minimum Gasteiger partial charge on any atom is -0.457 e. The van der Waals surface area contributed by atoms with Crippen molar-refractivity contribution < 1.29 is 13.6 Å². The Balaban J connectivity index is 1.29. The Bertz CT molecular complexity index is 1430. The van der Waals surface area contributed by atoms with Gasteiger partial charge >= 0.3 is 0 Å². The Kier molecular flexibility index (Phi) is 5.14. The summed E-state index contributed by atoms with van der Waals surface area (Å²) in [6.07, 6.45) is 3.09. The number of anilines is 1. The Hall–Kier alpha value is -4.38. The number of nitrogens with zero attached hydrogens (tertiary/aromatic N) is 1. The zero-order valence-corrected chi connectivity index (χ0v) is 17.4. The predicted molar refractivity (Wildman–Crippen MR) is 126 cm³/mol. The van der Waals surface area contributed by atoms with Gasteiger partial charge in [0.15, 0.2) is 5.58 Å². The van der Waals surface area contributed by atoms with E-state index in [2.05, 4.69) is 10.3 Å². The summed E-state index contributed by atoms with van der Waals surface area (Å²) in [6.45, 7) is 2.02. The van der Waals surface area contributed by atoms with Crippen molar-refractivity contribution in [3.63, 3.8) is 0 Å². The van der Waals surface area contributed by atoms with E-state index in [-0.39, 0.29) is 5.91 Å². The maximum atomic E-state index is 12.4. The fraction of sp³-hybridized carbons (Fsp3) is 0.0370. The first-order chi connectivity index (χ1) is 15.6. The number of nitrogens with one attached hydrogen (secondary N) is 1. The van der Waals surface area contributed by atoms with Crippen molar-refractivity contribution in [1.82, 2.24) is 4.98 Å². The van der Waals surface area contributed by atoms with Gasteiger partial charge in [0.2, 0.25) is 11.8 Å². The second-order valence-corrected chi connectivity index (χ2v) is 7.46. The molecule has 0 unspecified atom stereocenters. The van der Waals surface area contributed by atoms with Gasteiger partial charge in [0.1, 0.15) is 17.0 Å². The summed E-state index contributed by atoms with van der Waals surface area (Å²) < 4.78 is 11.7. The third-order valence-electron chi connectivity index (χ3n) is 5.00. The SMILES string of the molecule is Cc1ccc2oc(-c3cccc(NC(=O)C=Cc4ccc(-c5ccccc5)o4)c3)nc2c1. The Morgan fingerprint density at radius 2 is 1.72 bits per heavy atom. The number of rotatable bonds is 5. The van der Waals surface area contributed by atoms with Gasteiger partial charge < -0.3 is 14.2 Å². The molecule has 5 aromatic rings. The summed E-state index contributed by atoms with van der Waals surface area (Å²) in [7, 11) is 0. The predicted octanol–water partition coefficient (Wildman–Crippen LogP) is 6.72. The molecule has 0 fully saturated rings. The molecule has 0 radical (unpaired) electrons. The van der Waals surface area contributed by atoms with Crippen molar-refractivity contribution in [2.75, 3.05) is 5.32 Å². The molecule has 0 aliphatic carbocycles. The standard InChI is InChI=1S/C27H20N2O3/c1-18-10-13-25-23(16-18)29-27(32-25)20-8-5-9-21(17-20)28-26(30)15-12-22-11-14-24(31-22)19-6-3-2-4-7-19/h2-17H,1H3,(H,28,30). The van der Waals surface area contributed by atoms with Crippen LogP contribution < -0.4 is 5.32 Å². The first-order valence-electron chi connectivity index (χ1n) is 10.3. The highest BCUT2D eigenvalue weighted by molar-refractivity contribution is 6.02. The Labute approximate surface area is 185 Å². The minimum absolute atomic E-state index is 0.256. The molecule has 1 amide bonds. The van der Waals surface area contributed by atoms with Gasteiger partial charge in [-0.25, -0.2) is 4.98 Å². The lowest BCUT2D eigenvalue weighted by Gasteiger charge is -2.03. The van der Waals surface area contributed by atoms with Crippen LogP contribution in [0.3, 0.4) is 0 Å². The summed E-state index contributed by atoms with van der Waals surface area (Å²) in [6, 6.07) is 26.8. The van der Waals surface area contributed by atoms with Crippen LogP contribution in [0.4, 0.5) is 5.69 Å². The summed E-state index contributed by atoms with van der Waals surface area (Å²) >= 11 is 0. The van der Waals surface area contributed by atoms with Crippen LogP contribution in [0.1, 0.15) is 11.3 Å². The Morgan fingerprint density at radius 3 is 2.59 bits per heavy atom. The van der Waals surface area contributed by atoms with E-state index in [4.69, 9.17) is 8.83 Å². The number of hydrogen-bond donors (Lipinski definition) is 1. The number of carbonyl (C=O) groups is 1. The van der Waals surface area contributed by atoms with Crippen molar-refractivity contribution in [3.8, 4) is 22.8 Å². The fourth-order valence-corrected chi connectivity index (χ4v) is 3.43. The van der Waals surface area contributed by atoms with Gasteiger partial charge in [-0.2, -0.15) is 0 Å². The molecule has 1 N–H and O–H groups in total. The highest BCUT2D eigenvalue weighted by Crippen LogP contribution is 2.27. The quantitative estimate of drug-likeness (QED) is 0.321. The molecule has 5 nitrogen and oxygen atoms in total. The van der Waals surface area contributed by atoms with E-state index in [1.807, 2.05) is 91.9 Å². The van der Waals surface area contributed by atoms with Crippen molar-refractivity contribution >= 4 is 28.8 Å². The lowest BCUT2D eigenvalue weighted by molar-refractivity contribution is -0.111. The lowest BCUT2D eigenvalue weighted by atomic mass is 10.2. The van der Waals surface area contributed by atoms with Crippen LogP contribution in [-0.4, -0.2) is 10.9 Å². The molecule has 0 spiro atoms. The van der Waals surface area contributed by atoms with E-state index in [1.54, 1.807) is 6.08 Å². The van der Waals surface area contributed by atoms with Crippen molar-refractivity contribution in [2.24, 2.45) is 0 Å². The topological polar surface area (TPSA) is 68.3 Å². The molecule has 156 valence electrons. The van der Waals surface area contributed by atoms with Crippen LogP contribution in [0.25, 0.3) is 40.0 Å². The van der Waals surface area contributed by atoms with E-state index in [0.717, 1.165) is 33.6 Å². The molecule has 5 rings (SSSR count). The monoisotopic (exact) mass is 420 g/mol. The van der Waals surface area contributed by atoms with E-state index >= 15 is 0 Å². The summed E-state index contributed by atoms with van der Waals surface area (Å²) in [4.78, 5) is 17.0. The van der Waals surface area contributed by atoms with Crippen molar-refractivity contribution in [1.29, 1.82) is 0 Å². The average molecular weight is 420 g/mol. The van der Waals surface area contributed by atoms with Crippen LogP contribution >= 0.6 is 0 Å². The number of oxazole rings is 1. The van der Waals surface area contributed by atoms with Gasteiger partial charge in [0.25, 0.3) is 0 Å². The zero-order chi connectivity index (χ0) is 21.9. The van der Waals surface area contributed by atoms with Crippen LogP contribution in [0.15, 0.2) is 99.8 Å². The third-order valence-corrected chi connectivity index (χ3v) is 5.00. The van der Waals surface area contributed by atoms with Crippen LogP contribution in [0.5, 0.6) is 0 Å². The number of carbonyl (C=O) groups excluding carboxylic acids is 1. The second kappa shape index (κ2) is 8.40. The molecule has 0 atom stereocenters. The molecule has 5 heteroatoms. The lowest BCUT2D eigenvalue weighted by Crippen LogP contribution is -2.07. The molecular formula is C27H20N2O3. The number of benzene rings is 3. The average Bonchev–Trinajstić information content (AvgIpc) is 3.45. The highest BCUT2D eigenvalue weighted by Gasteiger charge is 2.10. The summed E-state index contributed by atoms with van der Waals surface area (Å²) in [5, 5.41) is 2.87. The first kappa shape index (κ1) is 19.6. The molecule has 0 aliphatic heterocycles. The van der Waals surface area contributed by atoms with E-state index in [0.29, 0.717) is 17.3 Å². The number of hydrogen-bond acceptors (Lipinski definition) is 4. The van der Waals surface area contributed by atoms with Gasteiger partial charge in [-0.1, -0.05) is 42.5 Å². The van der Waals surface area contributed by atoms with E-state index in [9.17, 15) is 4.79 Å². The smallest absolute Gasteiger partial charge is 0.248 e. The van der Waals surface area contributed by atoms with Crippen LogP contribution in [-0.2, 0) is 4.79 Å². The van der Waals surface area contributed by atoms with Gasteiger partial charge in [-0.3, -0.25) is 4.79 Å². The molecule has 2 aromatic heterocycles. The van der Waals surface area contributed by atoms with Gasteiger partial charge in [-0.15, -0.1) is 0 Å². The maximum absolute atomic E-state index is 12.4. The first-order valence-corrected chi connectivity index (χ1v) is 10.3. The Morgan fingerprint density at radius 1 is 0.875 bits per heavy atom. The minimum atomic E-state index is -0.256. The van der Waals surface area contributed by atoms with E-state index in [1.165, 1.54) is 6.08 Å². The molecule has 0 bridgehead atoms. The zero-order valence-electron chi connectivity index (χ0n) is 17.4. The molecule has 2 heterocycles. The summed E-state index contributed by atoms with van der Waals surface area (Å²) in [5.74, 6) is 1.62. The van der Waals surface area contributed by atoms with Crippen molar-refractivity contribution in [2.45, 2.75) is 6.92 Å². The van der Waals surface area contributed by atoms with Gasteiger partial charge in [0.05, 0.1) is 0 Å². The largest absolute Gasteiger partial charge is 0.457 e. The molecule has 3 aromatic carbocycles. The van der Waals surface area contributed by atoms with Gasteiger partial charge in [-0.05, 0) is 61.0 Å². The van der Waals surface area contributed by atoms with Gasteiger partial charge in [0, 0.05) is 22.9 Å². The maximum Gasteiger partial charge on any atom is 0.248 e. The number of fused-ring (bicyclic) bond motifs is 1. The van der Waals surface area contributed by atoms with E-state index < -0.39 is 0 Å². The van der Waals surface area contributed by atoms with Crippen LogP contribution in [0.2, 0.25) is 0 Å². The molecule has 32 heavy (non-hydrogen) atoms. The normalized spacial score (nSPS) is 11.3. The molecule has 0 saturated heterocycles. The number of aromatic nitrogens is 1. The number of furan rings is 1. The third kappa shape index (κ3) is 4.23. The second-order valence-electron chi connectivity index (χ2n) is 7.46. The molecule has 0 aliphatic rings. The highest BCUT2D eigenvalue weighted by atomic mass is 16.3. The fourth-order valence-electron chi connectivity index (χ4n) is 3.43. The number of aryl methyl sites for hydroxylation is 1. The van der Waals surface area contributed by atoms with Crippen LogP contribution in [0, 0.1) is 6.92 Å². The molecule has 0 saturated carbocycles. The summed E-state index contributed by atoms with van der Waals surface area (Å²) in [5.41, 5.74) is 5.10.